The second-order valence-electron chi connectivity index (χ2n) is 7.93. The summed E-state index contributed by atoms with van der Waals surface area (Å²) in [7, 11) is 0. The number of fused-ring (bicyclic) bond motifs is 1. The lowest BCUT2D eigenvalue weighted by atomic mass is 10.0. The Morgan fingerprint density at radius 2 is 2.03 bits per heavy atom. The summed E-state index contributed by atoms with van der Waals surface area (Å²) >= 11 is 0. The molecule has 8 heteroatoms. The van der Waals surface area contributed by atoms with Gasteiger partial charge < -0.3 is 24.5 Å². The number of nitrogens with one attached hydrogen (secondary N) is 2. The summed E-state index contributed by atoms with van der Waals surface area (Å²) < 4.78 is 43.1. The van der Waals surface area contributed by atoms with Gasteiger partial charge in [-0.2, -0.15) is 0 Å². The van der Waals surface area contributed by atoms with Gasteiger partial charge in [-0.05, 0) is 36.8 Å². The van der Waals surface area contributed by atoms with Crippen molar-refractivity contribution in [3.63, 3.8) is 0 Å². The zero-order chi connectivity index (χ0) is 20.7. The minimum Gasteiger partial charge on any atom is -0.377 e. The zero-order valence-corrected chi connectivity index (χ0v) is 16.8. The molecule has 0 saturated carbocycles. The highest BCUT2D eigenvalue weighted by Gasteiger charge is 2.26. The Bertz CT molecular complexity index is 1050. The standard InChI is InChI=1S/C22H24F2N4O2/c1-13-2-4-28-19(9-16-10-25-3-5-30-16)22(27-20(28)6-13)21-17(23)7-14(8-18(21)24)26-15-11-29-12-15/h2,4,6-8,15-16,25-26H,3,5,9-12H2,1H3. The van der Waals surface area contributed by atoms with E-state index in [-0.39, 0.29) is 17.7 Å². The van der Waals surface area contributed by atoms with Crippen molar-refractivity contribution in [3.8, 4) is 11.3 Å². The van der Waals surface area contributed by atoms with Crippen molar-refractivity contribution < 1.29 is 18.3 Å². The third kappa shape index (κ3) is 3.66. The molecule has 4 heterocycles. The summed E-state index contributed by atoms with van der Waals surface area (Å²) in [5.74, 6) is -1.27. The minimum atomic E-state index is -0.637. The van der Waals surface area contributed by atoms with E-state index in [4.69, 9.17) is 9.47 Å². The van der Waals surface area contributed by atoms with Gasteiger partial charge in [0.2, 0.25) is 0 Å². The Balaban J connectivity index is 1.57. The van der Waals surface area contributed by atoms with E-state index < -0.39 is 11.6 Å². The molecule has 158 valence electrons. The number of aryl methyl sites for hydroxylation is 1. The van der Waals surface area contributed by atoms with E-state index in [0.29, 0.717) is 49.8 Å². The van der Waals surface area contributed by atoms with Crippen LogP contribution in [0.15, 0.2) is 30.5 Å². The largest absolute Gasteiger partial charge is 0.377 e. The van der Waals surface area contributed by atoms with E-state index in [1.165, 1.54) is 12.1 Å². The van der Waals surface area contributed by atoms with E-state index in [9.17, 15) is 0 Å². The van der Waals surface area contributed by atoms with Gasteiger partial charge in [-0.1, -0.05) is 0 Å². The summed E-state index contributed by atoms with van der Waals surface area (Å²) in [5.41, 5.74) is 3.06. The molecule has 0 aliphatic carbocycles. The Morgan fingerprint density at radius 3 is 2.70 bits per heavy atom. The van der Waals surface area contributed by atoms with Gasteiger partial charge in [0.25, 0.3) is 0 Å². The van der Waals surface area contributed by atoms with E-state index >= 15 is 8.78 Å². The van der Waals surface area contributed by atoms with Crippen LogP contribution in [-0.4, -0.2) is 54.4 Å². The van der Waals surface area contributed by atoms with E-state index in [2.05, 4.69) is 15.6 Å². The first kappa shape index (κ1) is 19.4. The third-order valence-corrected chi connectivity index (χ3v) is 5.59. The topological polar surface area (TPSA) is 59.8 Å². The number of imidazole rings is 1. The van der Waals surface area contributed by atoms with Gasteiger partial charge in [0.15, 0.2) is 0 Å². The monoisotopic (exact) mass is 414 g/mol. The molecule has 2 aromatic heterocycles. The van der Waals surface area contributed by atoms with Crippen molar-refractivity contribution in [2.24, 2.45) is 0 Å². The van der Waals surface area contributed by atoms with Gasteiger partial charge >= 0.3 is 0 Å². The molecule has 0 amide bonds. The van der Waals surface area contributed by atoms with Crippen LogP contribution in [0.1, 0.15) is 11.3 Å². The maximum atomic E-state index is 15.1. The van der Waals surface area contributed by atoms with E-state index in [1.807, 2.05) is 29.7 Å². The molecule has 2 aliphatic heterocycles. The fourth-order valence-corrected chi connectivity index (χ4v) is 4.00. The molecule has 2 saturated heterocycles. The van der Waals surface area contributed by atoms with Crippen LogP contribution in [0.4, 0.5) is 14.5 Å². The van der Waals surface area contributed by atoms with Crippen LogP contribution in [-0.2, 0) is 15.9 Å². The lowest BCUT2D eigenvalue weighted by Gasteiger charge is -2.28. The summed E-state index contributed by atoms with van der Waals surface area (Å²) in [4.78, 5) is 4.62. The number of hydrogen-bond acceptors (Lipinski definition) is 5. The van der Waals surface area contributed by atoms with Gasteiger partial charge in [-0.3, -0.25) is 0 Å². The SMILES string of the molecule is Cc1ccn2c(CC3CNCCO3)c(-c3c(F)cc(NC4COC4)cc3F)nc2c1. The van der Waals surface area contributed by atoms with Crippen LogP contribution < -0.4 is 10.6 Å². The molecule has 0 radical (unpaired) electrons. The predicted molar refractivity (Wildman–Crippen MR) is 110 cm³/mol. The fourth-order valence-electron chi connectivity index (χ4n) is 4.00. The number of morpholine rings is 1. The number of ether oxygens (including phenoxy) is 2. The van der Waals surface area contributed by atoms with E-state index in [0.717, 1.165) is 17.8 Å². The van der Waals surface area contributed by atoms with Gasteiger partial charge in [0, 0.05) is 31.4 Å². The lowest BCUT2D eigenvalue weighted by molar-refractivity contribution is 0.0211. The van der Waals surface area contributed by atoms with Gasteiger partial charge in [0.05, 0.1) is 48.9 Å². The van der Waals surface area contributed by atoms with Crippen molar-refractivity contribution in [2.75, 3.05) is 38.2 Å². The van der Waals surface area contributed by atoms with Crippen LogP contribution in [0.3, 0.4) is 0 Å². The van der Waals surface area contributed by atoms with Gasteiger partial charge in [-0.15, -0.1) is 0 Å². The minimum absolute atomic E-state index is 0.0793. The van der Waals surface area contributed by atoms with Crippen LogP contribution in [0.2, 0.25) is 0 Å². The molecular weight excluding hydrogens is 390 g/mol. The third-order valence-electron chi connectivity index (χ3n) is 5.59. The Hall–Kier alpha value is -2.55. The molecule has 6 nitrogen and oxygen atoms in total. The second kappa shape index (κ2) is 7.94. The molecule has 0 bridgehead atoms. The van der Waals surface area contributed by atoms with Crippen molar-refractivity contribution in [2.45, 2.75) is 25.5 Å². The molecule has 3 aromatic rings. The quantitative estimate of drug-likeness (QED) is 0.672. The predicted octanol–water partition coefficient (Wildman–Crippen LogP) is 2.93. The highest BCUT2D eigenvalue weighted by Crippen LogP contribution is 2.33. The molecule has 5 rings (SSSR count). The number of anilines is 1. The van der Waals surface area contributed by atoms with Crippen LogP contribution in [0.5, 0.6) is 0 Å². The molecular formula is C22H24F2N4O2. The molecule has 1 aromatic carbocycles. The van der Waals surface area contributed by atoms with Crippen LogP contribution in [0, 0.1) is 18.6 Å². The smallest absolute Gasteiger partial charge is 0.137 e. The molecule has 1 unspecified atom stereocenters. The summed E-state index contributed by atoms with van der Waals surface area (Å²) in [6.07, 6.45) is 2.32. The van der Waals surface area contributed by atoms with Crippen LogP contribution in [0.25, 0.3) is 16.9 Å². The number of rotatable bonds is 5. The van der Waals surface area contributed by atoms with Gasteiger partial charge in [0.1, 0.15) is 17.3 Å². The normalized spacial score (nSPS) is 19.8. The molecule has 2 fully saturated rings. The Morgan fingerprint density at radius 1 is 1.23 bits per heavy atom. The lowest BCUT2D eigenvalue weighted by Crippen LogP contribution is -2.40. The maximum Gasteiger partial charge on any atom is 0.137 e. The van der Waals surface area contributed by atoms with Crippen molar-refractivity contribution in [3.05, 3.63) is 53.4 Å². The number of aromatic nitrogens is 2. The maximum absolute atomic E-state index is 15.1. The fraction of sp³-hybridized carbons (Fsp3) is 0.409. The first-order valence-corrected chi connectivity index (χ1v) is 10.2. The van der Waals surface area contributed by atoms with E-state index in [1.54, 1.807) is 0 Å². The zero-order valence-electron chi connectivity index (χ0n) is 16.8. The average Bonchev–Trinajstić information content (AvgIpc) is 3.02. The summed E-state index contributed by atoms with van der Waals surface area (Å²) in [5, 5.41) is 6.40. The summed E-state index contributed by atoms with van der Waals surface area (Å²) in [6.45, 7) is 5.15. The van der Waals surface area contributed by atoms with Crippen molar-refractivity contribution >= 4 is 11.3 Å². The number of hydrogen-bond donors (Lipinski definition) is 2. The first-order chi connectivity index (χ1) is 14.6. The number of nitrogens with zero attached hydrogens (tertiary/aromatic N) is 2. The molecule has 30 heavy (non-hydrogen) atoms. The van der Waals surface area contributed by atoms with Crippen molar-refractivity contribution in [1.29, 1.82) is 0 Å². The number of halogens is 2. The Labute approximate surface area is 173 Å². The average molecular weight is 414 g/mol. The molecule has 0 spiro atoms. The number of pyridine rings is 1. The highest BCUT2D eigenvalue weighted by molar-refractivity contribution is 5.70. The van der Waals surface area contributed by atoms with Gasteiger partial charge in [-0.25, -0.2) is 13.8 Å². The Kier molecular flexibility index (Phi) is 5.14. The summed E-state index contributed by atoms with van der Waals surface area (Å²) in [6, 6.07) is 6.61. The molecule has 1 atom stereocenters. The first-order valence-electron chi connectivity index (χ1n) is 10.2. The molecule has 2 aliphatic rings. The van der Waals surface area contributed by atoms with Crippen LogP contribution >= 0.6 is 0 Å². The second-order valence-corrected chi connectivity index (χ2v) is 7.93. The molecule has 2 N–H and O–H groups in total. The highest BCUT2D eigenvalue weighted by atomic mass is 19.1. The number of benzene rings is 1. The van der Waals surface area contributed by atoms with Crippen molar-refractivity contribution in [1.82, 2.24) is 14.7 Å².